The quantitative estimate of drug-likeness (QED) is 0.683. The van der Waals surface area contributed by atoms with E-state index in [1.54, 1.807) is 30.0 Å². The van der Waals surface area contributed by atoms with Crippen LogP contribution in [0.1, 0.15) is 10.5 Å². The normalized spacial score (nSPS) is 10.5. The molecule has 0 unspecified atom stereocenters. The number of ether oxygens (including phenoxy) is 1. The predicted octanol–water partition coefficient (Wildman–Crippen LogP) is 2.83. The Morgan fingerprint density at radius 3 is 2.80 bits per heavy atom. The Balaban J connectivity index is 1.89. The van der Waals surface area contributed by atoms with Crippen molar-refractivity contribution < 1.29 is 9.53 Å². The molecule has 0 aliphatic rings. The van der Waals surface area contributed by atoms with Gasteiger partial charge in [-0.2, -0.15) is 4.68 Å². The lowest BCUT2D eigenvalue weighted by Crippen LogP contribution is -2.15. The van der Waals surface area contributed by atoms with E-state index >= 15 is 0 Å². The number of hydrogen-bond acceptors (Lipinski definition) is 6. The van der Waals surface area contributed by atoms with E-state index in [0.717, 1.165) is 10.6 Å². The summed E-state index contributed by atoms with van der Waals surface area (Å²) in [7, 11) is 1.54. The van der Waals surface area contributed by atoms with E-state index in [4.69, 9.17) is 10.5 Å². The van der Waals surface area contributed by atoms with Crippen LogP contribution in [-0.2, 0) is 0 Å². The van der Waals surface area contributed by atoms with Crippen molar-refractivity contribution in [2.45, 2.75) is 4.90 Å². The molecule has 3 N–H and O–H groups in total. The molecular weight excluding hydrogens is 338 g/mol. The standard InChI is InChI=1S/C17H17N5O2S/c1-24-14-9-4-3-8-13(14)19-17(23)15-16(18)22(21-20-15)11-6-5-7-12(10-11)25-2/h3-10H,18H2,1-2H3,(H,19,23). The highest BCUT2D eigenvalue weighted by Gasteiger charge is 2.19. The summed E-state index contributed by atoms with van der Waals surface area (Å²) in [6, 6.07) is 14.8. The summed E-state index contributed by atoms with van der Waals surface area (Å²) in [6.07, 6.45) is 1.98. The highest BCUT2D eigenvalue weighted by atomic mass is 32.2. The third-order valence-corrected chi connectivity index (χ3v) is 4.30. The van der Waals surface area contributed by atoms with Gasteiger partial charge < -0.3 is 15.8 Å². The molecule has 3 rings (SSSR count). The lowest BCUT2D eigenvalue weighted by molar-refractivity contribution is 0.102. The van der Waals surface area contributed by atoms with Crippen LogP contribution in [0, 0.1) is 0 Å². The molecule has 0 radical (unpaired) electrons. The van der Waals surface area contributed by atoms with Gasteiger partial charge >= 0.3 is 0 Å². The second-order valence-electron chi connectivity index (χ2n) is 5.09. The van der Waals surface area contributed by atoms with Gasteiger partial charge in [0.25, 0.3) is 5.91 Å². The minimum atomic E-state index is -0.450. The number of anilines is 2. The molecule has 2 aromatic carbocycles. The first-order chi connectivity index (χ1) is 12.1. The van der Waals surface area contributed by atoms with Crippen LogP contribution in [0.5, 0.6) is 5.75 Å². The van der Waals surface area contributed by atoms with Crippen molar-refractivity contribution in [1.29, 1.82) is 0 Å². The van der Waals surface area contributed by atoms with Crippen molar-refractivity contribution >= 4 is 29.2 Å². The summed E-state index contributed by atoms with van der Waals surface area (Å²) in [4.78, 5) is 13.6. The topological polar surface area (TPSA) is 95.1 Å². The van der Waals surface area contributed by atoms with Crippen LogP contribution in [-0.4, -0.2) is 34.3 Å². The summed E-state index contributed by atoms with van der Waals surface area (Å²) in [5, 5.41) is 10.7. The zero-order valence-electron chi connectivity index (χ0n) is 13.8. The number of benzene rings is 2. The first-order valence-electron chi connectivity index (χ1n) is 7.44. The molecule has 0 fully saturated rings. The predicted molar refractivity (Wildman–Crippen MR) is 98.5 cm³/mol. The molecule has 0 atom stereocenters. The lowest BCUT2D eigenvalue weighted by Gasteiger charge is -2.09. The maximum atomic E-state index is 12.5. The molecule has 128 valence electrons. The van der Waals surface area contributed by atoms with E-state index < -0.39 is 5.91 Å². The molecule has 1 heterocycles. The van der Waals surface area contributed by atoms with Gasteiger partial charge in [0.2, 0.25) is 0 Å². The fraction of sp³-hybridized carbons (Fsp3) is 0.118. The third-order valence-electron chi connectivity index (χ3n) is 3.57. The van der Waals surface area contributed by atoms with Crippen LogP contribution < -0.4 is 15.8 Å². The summed E-state index contributed by atoms with van der Waals surface area (Å²) in [5.41, 5.74) is 7.43. The number of nitrogens with zero attached hydrogens (tertiary/aromatic N) is 3. The van der Waals surface area contributed by atoms with Gasteiger partial charge in [-0.15, -0.1) is 16.9 Å². The first kappa shape index (κ1) is 16.8. The van der Waals surface area contributed by atoms with Gasteiger partial charge in [0, 0.05) is 4.90 Å². The molecule has 0 spiro atoms. The molecule has 0 aliphatic heterocycles. The van der Waals surface area contributed by atoms with Gasteiger partial charge in [-0.25, -0.2) is 0 Å². The largest absolute Gasteiger partial charge is 0.495 e. The van der Waals surface area contributed by atoms with Crippen LogP contribution in [0.2, 0.25) is 0 Å². The number of carbonyl (C=O) groups excluding carboxylic acids is 1. The number of para-hydroxylation sites is 2. The van der Waals surface area contributed by atoms with Crippen LogP contribution in [0.15, 0.2) is 53.4 Å². The van der Waals surface area contributed by atoms with E-state index in [9.17, 15) is 4.79 Å². The fourth-order valence-corrected chi connectivity index (χ4v) is 2.77. The van der Waals surface area contributed by atoms with E-state index in [-0.39, 0.29) is 11.5 Å². The fourth-order valence-electron chi connectivity index (χ4n) is 2.31. The van der Waals surface area contributed by atoms with Crippen LogP contribution in [0.3, 0.4) is 0 Å². The van der Waals surface area contributed by atoms with Crippen molar-refractivity contribution in [3.05, 3.63) is 54.2 Å². The zero-order valence-corrected chi connectivity index (χ0v) is 14.6. The molecule has 1 amide bonds. The van der Waals surface area contributed by atoms with Gasteiger partial charge in [0.1, 0.15) is 5.75 Å². The number of carbonyl (C=O) groups is 1. The molecular formula is C17H17N5O2S. The lowest BCUT2D eigenvalue weighted by atomic mass is 10.2. The second kappa shape index (κ2) is 7.27. The Bertz CT molecular complexity index is 910. The van der Waals surface area contributed by atoms with Crippen molar-refractivity contribution in [3.8, 4) is 11.4 Å². The molecule has 0 saturated heterocycles. The van der Waals surface area contributed by atoms with Crippen molar-refractivity contribution in [1.82, 2.24) is 15.0 Å². The number of hydrogen-bond donors (Lipinski definition) is 2. The molecule has 25 heavy (non-hydrogen) atoms. The summed E-state index contributed by atoms with van der Waals surface area (Å²) < 4.78 is 6.66. The Labute approximate surface area is 149 Å². The summed E-state index contributed by atoms with van der Waals surface area (Å²) >= 11 is 1.61. The molecule has 8 heteroatoms. The number of nitrogens with one attached hydrogen (secondary N) is 1. The number of nitrogens with two attached hydrogens (primary N) is 1. The molecule has 0 saturated carbocycles. The van der Waals surface area contributed by atoms with Gasteiger partial charge in [-0.05, 0) is 36.6 Å². The summed E-state index contributed by atoms with van der Waals surface area (Å²) in [5.74, 6) is 0.273. The van der Waals surface area contributed by atoms with E-state index in [0.29, 0.717) is 11.4 Å². The number of methoxy groups -OCH3 is 1. The third kappa shape index (κ3) is 3.43. The Hall–Kier alpha value is -3.00. The molecule has 1 aromatic heterocycles. The first-order valence-corrected chi connectivity index (χ1v) is 8.66. The number of aromatic nitrogens is 3. The second-order valence-corrected chi connectivity index (χ2v) is 5.97. The van der Waals surface area contributed by atoms with Gasteiger partial charge in [-0.1, -0.05) is 23.4 Å². The summed E-state index contributed by atoms with van der Waals surface area (Å²) in [6.45, 7) is 0. The van der Waals surface area contributed by atoms with Crippen molar-refractivity contribution in [2.75, 3.05) is 24.4 Å². The average Bonchev–Trinajstić information content (AvgIpc) is 3.03. The van der Waals surface area contributed by atoms with Crippen molar-refractivity contribution in [2.24, 2.45) is 0 Å². The highest BCUT2D eigenvalue weighted by molar-refractivity contribution is 7.98. The molecule has 0 bridgehead atoms. The van der Waals surface area contributed by atoms with Gasteiger partial charge in [0.05, 0.1) is 18.5 Å². The molecule has 7 nitrogen and oxygen atoms in total. The SMILES string of the molecule is COc1ccccc1NC(=O)c1nnn(-c2cccc(SC)c2)c1N. The molecule has 0 aliphatic carbocycles. The average molecular weight is 355 g/mol. The maximum Gasteiger partial charge on any atom is 0.280 e. The Kier molecular flexibility index (Phi) is 4.90. The highest BCUT2D eigenvalue weighted by Crippen LogP contribution is 2.25. The van der Waals surface area contributed by atoms with Crippen LogP contribution in [0.25, 0.3) is 5.69 Å². The van der Waals surface area contributed by atoms with Gasteiger partial charge in [-0.3, -0.25) is 4.79 Å². The Morgan fingerprint density at radius 1 is 1.24 bits per heavy atom. The van der Waals surface area contributed by atoms with E-state index in [2.05, 4.69) is 15.6 Å². The maximum absolute atomic E-state index is 12.5. The van der Waals surface area contributed by atoms with Crippen LogP contribution >= 0.6 is 11.8 Å². The number of thioether (sulfide) groups is 1. The smallest absolute Gasteiger partial charge is 0.280 e. The minimum Gasteiger partial charge on any atom is -0.495 e. The van der Waals surface area contributed by atoms with E-state index in [1.165, 1.54) is 11.8 Å². The number of amides is 1. The van der Waals surface area contributed by atoms with Crippen LogP contribution in [0.4, 0.5) is 11.5 Å². The van der Waals surface area contributed by atoms with E-state index in [1.807, 2.05) is 36.6 Å². The number of nitrogen functional groups attached to an aromatic ring is 1. The minimum absolute atomic E-state index is 0.0560. The monoisotopic (exact) mass is 355 g/mol. The van der Waals surface area contributed by atoms with Crippen molar-refractivity contribution in [3.63, 3.8) is 0 Å². The zero-order chi connectivity index (χ0) is 17.8. The molecule has 3 aromatic rings. The Morgan fingerprint density at radius 2 is 2.04 bits per heavy atom. The number of rotatable bonds is 5. The van der Waals surface area contributed by atoms with Gasteiger partial charge in [0.15, 0.2) is 11.5 Å².